The van der Waals surface area contributed by atoms with E-state index >= 15 is 0 Å². The van der Waals surface area contributed by atoms with Gasteiger partial charge < -0.3 is 10.2 Å². The molecule has 0 aromatic heterocycles. The van der Waals surface area contributed by atoms with Gasteiger partial charge in [0.25, 0.3) is 0 Å². The minimum absolute atomic E-state index is 0.255. The molecule has 82 valence electrons. The molecule has 0 radical (unpaired) electrons. The Morgan fingerprint density at radius 3 is 2.36 bits per heavy atom. The molecular formula is C11H20O3. The number of rotatable bonds is 8. The van der Waals surface area contributed by atoms with E-state index in [4.69, 9.17) is 10.2 Å². The summed E-state index contributed by atoms with van der Waals surface area (Å²) in [6.45, 7) is 2.11. The van der Waals surface area contributed by atoms with Gasteiger partial charge in [-0.15, -0.1) is 0 Å². The number of aliphatic carboxylic acids is 1. The summed E-state index contributed by atoms with van der Waals surface area (Å²) in [6.07, 6.45) is 7.18. The van der Waals surface area contributed by atoms with Crippen molar-refractivity contribution in [3.63, 3.8) is 0 Å². The van der Waals surface area contributed by atoms with E-state index in [1.54, 1.807) is 6.08 Å². The molecule has 0 aliphatic carbocycles. The molecule has 3 nitrogen and oxygen atoms in total. The number of hydrogen-bond donors (Lipinski definition) is 2. The van der Waals surface area contributed by atoms with Gasteiger partial charge in [-0.3, -0.25) is 0 Å². The molecule has 0 aliphatic heterocycles. The van der Waals surface area contributed by atoms with E-state index in [0.717, 1.165) is 32.1 Å². The van der Waals surface area contributed by atoms with Crippen LogP contribution in [0.2, 0.25) is 0 Å². The molecular weight excluding hydrogens is 180 g/mol. The molecule has 3 heteroatoms. The van der Waals surface area contributed by atoms with Crippen molar-refractivity contribution in [3.05, 3.63) is 11.6 Å². The fourth-order valence-corrected chi connectivity index (χ4v) is 1.27. The second-order valence-electron chi connectivity index (χ2n) is 3.31. The molecule has 0 unspecified atom stereocenters. The van der Waals surface area contributed by atoms with Crippen LogP contribution in [0.15, 0.2) is 11.6 Å². The van der Waals surface area contributed by atoms with Gasteiger partial charge in [-0.1, -0.05) is 25.8 Å². The Morgan fingerprint density at radius 1 is 1.21 bits per heavy atom. The van der Waals surface area contributed by atoms with E-state index in [0.29, 0.717) is 12.0 Å². The highest BCUT2D eigenvalue weighted by atomic mass is 16.4. The maximum atomic E-state index is 10.6. The van der Waals surface area contributed by atoms with Crippen LogP contribution in [-0.2, 0) is 4.79 Å². The van der Waals surface area contributed by atoms with E-state index in [1.807, 2.05) is 6.92 Å². The highest BCUT2D eigenvalue weighted by Gasteiger charge is 2.02. The van der Waals surface area contributed by atoms with Crippen molar-refractivity contribution in [3.8, 4) is 0 Å². The summed E-state index contributed by atoms with van der Waals surface area (Å²) in [5, 5.41) is 17.2. The lowest BCUT2D eigenvalue weighted by Gasteiger charge is -1.99. The summed E-state index contributed by atoms with van der Waals surface area (Å²) in [4.78, 5) is 10.6. The van der Waals surface area contributed by atoms with Crippen molar-refractivity contribution in [2.45, 2.75) is 45.4 Å². The highest BCUT2D eigenvalue weighted by molar-refractivity contribution is 5.86. The standard InChI is InChI=1S/C11H20O3/c1-2-10(11(13)14)8-6-4-3-5-7-9-12/h8,12H,2-7,9H2,1H3,(H,13,14). The number of unbranched alkanes of at least 4 members (excludes halogenated alkanes) is 4. The maximum Gasteiger partial charge on any atom is 0.331 e. The van der Waals surface area contributed by atoms with Crippen molar-refractivity contribution < 1.29 is 15.0 Å². The number of carboxylic acids is 1. The number of hydrogen-bond acceptors (Lipinski definition) is 2. The van der Waals surface area contributed by atoms with Gasteiger partial charge in [0.1, 0.15) is 0 Å². The van der Waals surface area contributed by atoms with Gasteiger partial charge in [-0.05, 0) is 25.7 Å². The topological polar surface area (TPSA) is 57.5 Å². The van der Waals surface area contributed by atoms with Crippen LogP contribution in [0.1, 0.15) is 45.4 Å². The first kappa shape index (κ1) is 13.2. The van der Waals surface area contributed by atoms with Crippen molar-refractivity contribution in [1.82, 2.24) is 0 Å². The van der Waals surface area contributed by atoms with Crippen LogP contribution in [0, 0.1) is 0 Å². The van der Waals surface area contributed by atoms with Gasteiger partial charge in [0, 0.05) is 12.2 Å². The molecule has 0 amide bonds. The Bertz CT molecular complexity index is 185. The Hall–Kier alpha value is -0.830. The third-order valence-electron chi connectivity index (χ3n) is 2.16. The summed E-state index contributed by atoms with van der Waals surface area (Å²) < 4.78 is 0. The number of carboxylic acid groups (broad SMARTS) is 1. The van der Waals surface area contributed by atoms with E-state index in [-0.39, 0.29) is 6.61 Å². The Morgan fingerprint density at radius 2 is 1.86 bits per heavy atom. The molecule has 0 atom stereocenters. The average molecular weight is 200 g/mol. The van der Waals surface area contributed by atoms with Gasteiger partial charge in [-0.25, -0.2) is 4.79 Å². The molecule has 0 heterocycles. The maximum absolute atomic E-state index is 10.6. The molecule has 14 heavy (non-hydrogen) atoms. The zero-order valence-electron chi connectivity index (χ0n) is 8.83. The lowest BCUT2D eigenvalue weighted by atomic mass is 10.1. The molecule has 0 fully saturated rings. The van der Waals surface area contributed by atoms with Crippen LogP contribution in [-0.4, -0.2) is 22.8 Å². The molecule has 0 saturated carbocycles. The van der Waals surface area contributed by atoms with Gasteiger partial charge in [0.2, 0.25) is 0 Å². The average Bonchev–Trinajstić information content (AvgIpc) is 2.16. The second-order valence-corrected chi connectivity index (χ2v) is 3.31. The van der Waals surface area contributed by atoms with Crippen molar-refractivity contribution in [2.24, 2.45) is 0 Å². The second kappa shape index (κ2) is 8.75. The molecule has 2 N–H and O–H groups in total. The Balaban J connectivity index is 3.53. The summed E-state index contributed by atoms with van der Waals surface area (Å²) in [6, 6.07) is 0. The molecule has 0 saturated heterocycles. The van der Waals surface area contributed by atoms with Crippen molar-refractivity contribution in [1.29, 1.82) is 0 Å². The van der Waals surface area contributed by atoms with Crippen LogP contribution in [0.3, 0.4) is 0 Å². The fourth-order valence-electron chi connectivity index (χ4n) is 1.27. The molecule has 0 bridgehead atoms. The summed E-state index contributed by atoms with van der Waals surface area (Å²) in [7, 11) is 0. The number of allylic oxidation sites excluding steroid dienone is 1. The summed E-state index contributed by atoms with van der Waals surface area (Å²) in [5.74, 6) is -0.803. The van der Waals surface area contributed by atoms with Crippen LogP contribution < -0.4 is 0 Å². The first-order chi connectivity index (χ1) is 6.72. The largest absolute Gasteiger partial charge is 0.478 e. The zero-order chi connectivity index (χ0) is 10.8. The minimum Gasteiger partial charge on any atom is -0.478 e. The molecule has 0 aromatic rings. The zero-order valence-corrected chi connectivity index (χ0v) is 8.83. The first-order valence-corrected chi connectivity index (χ1v) is 5.25. The smallest absolute Gasteiger partial charge is 0.331 e. The lowest BCUT2D eigenvalue weighted by Crippen LogP contribution is -1.98. The summed E-state index contributed by atoms with van der Waals surface area (Å²) >= 11 is 0. The predicted molar refractivity (Wildman–Crippen MR) is 56.2 cm³/mol. The van der Waals surface area contributed by atoms with Crippen LogP contribution in [0.5, 0.6) is 0 Å². The van der Waals surface area contributed by atoms with Crippen LogP contribution in [0.4, 0.5) is 0 Å². The monoisotopic (exact) mass is 200 g/mol. The van der Waals surface area contributed by atoms with E-state index in [9.17, 15) is 4.79 Å². The lowest BCUT2D eigenvalue weighted by molar-refractivity contribution is -0.132. The quantitative estimate of drug-likeness (QED) is 0.467. The van der Waals surface area contributed by atoms with E-state index < -0.39 is 5.97 Å². The molecule has 0 spiro atoms. The van der Waals surface area contributed by atoms with Crippen LogP contribution in [0.25, 0.3) is 0 Å². The van der Waals surface area contributed by atoms with Gasteiger partial charge in [0.05, 0.1) is 0 Å². The van der Waals surface area contributed by atoms with Crippen molar-refractivity contribution in [2.75, 3.05) is 6.61 Å². The SMILES string of the molecule is CCC(=CCCCCCCO)C(=O)O. The first-order valence-electron chi connectivity index (χ1n) is 5.25. The van der Waals surface area contributed by atoms with Crippen LogP contribution >= 0.6 is 0 Å². The number of aliphatic hydroxyl groups excluding tert-OH is 1. The normalized spacial score (nSPS) is 11.7. The van der Waals surface area contributed by atoms with E-state index in [2.05, 4.69) is 0 Å². The highest BCUT2D eigenvalue weighted by Crippen LogP contribution is 2.07. The molecule has 0 aliphatic rings. The molecule has 0 aromatic carbocycles. The fraction of sp³-hybridized carbons (Fsp3) is 0.727. The Kier molecular flexibility index (Phi) is 8.24. The number of carbonyl (C=O) groups is 1. The third kappa shape index (κ3) is 6.66. The number of aliphatic hydroxyl groups is 1. The Labute approximate surface area is 85.4 Å². The predicted octanol–water partition coefficient (Wildman–Crippen LogP) is 2.35. The molecule has 0 rings (SSSR count). The van der Waals surface area contributed by atoms with Gasteiger partial charge in [-0.2, -0.15) is 0 Å². The van der Waals surface area contributed by atoms with Gasteiger partial charge in [0.15, 0.2) is 0 Å². The van der Waals surface area contributed by atoms with Gasteiger partial charge >= 0.3 is 5.97 Å². The van der Waals surface area contributed by atoms with E-state index in [1.165, 1.54) is 0 Å². The third-order valence-corrected chi connectivity index (χ3v) is 2.16. The van der Waals surface area contributed by atoms with Crippen molar-refractivity contribution >= 4 is 5.97 Å². The minimum atomic E-state index is -0.803. The summed E-state index contributed by atoms with van der Waals surface area (Å²) in [5.41, 5.74) is 0.507.